The smallest absolute Gasteiger partial charge is 0.0945 e. The fraction of sp³-hybridized carbons (Fsp3) is 0.538. The summed E-state index contributed by atoms with van der Waals surface area (Å²) in [5, 5.41) is 4.14. The highest BCUT2D eigenvalue weighted by atomic mass is 35.5. The lowest BCUT2D eigenvalue weighted by atomic mass is 10.1. The lowest BCUT2D eigenvalue weighted by molar-refractivity contribution is 0.102. The van der Waals surface area contributed by atoms with Crippen molar-refractivity contribution >= 4 is 11.6 Å². The van der Waals surface area contributed by atoms with Gasteiger partial charge in [0.25, 0.3) is 0 Å². The van der Waals surface area contributed by atoms with Crippen LogP contribution >= 0.6 is 11.6 Å². The molecule has 0 fully saturated rings. The summed E-state index contributed by atoms with van der Waals surface area (Å²) in [6.07, 6.45) is 0.0671. The summed E-state index contributed by atoms with van der Waals surface area (Å²) in [4.78, 5) is 0. The molecule has 90 valence electrons. The van der Waals surface area contributed by atoms with E-state index in [2.05, 4.69) is 19.2 Å². The summed E-state index contributed by atoms with van der Waals surface area (Å²) >= 11 is 5.95. The maximum absolute atomic E-state index is 5.95. The molecule has 1 atom stereocenters. The van der Waals surface area contributed by atoms with Crippen molar-refractivity contribution in [1.82, 2.24) is 5.32 Å². The first-order chi connectivity index (χ1) is 7.63. The monoisotopic (exact) mass is 241 g/mol. The third kappa shape index (κ3) is 4.52. The maximum Gasteiger partial charge on any atom is 0.0945 e. The van der Waals surface area contributed by atoms with Gasteiger partial charge in [-0.15, -0.1) is 0 Å². The van der Waals surface area contributed by atoms with Gasteiger partial charge in [0.1, 0.15) is 0 Å². The zero-order chi connectivity index (χ0) is 12.0. The van der Waals surface area contributed by atoms with E-state index in [0.717, 1.165) is 23.7 Å². The summed E-state index contributed by atoms with van der Waals surface area (Å²) < 4.78 is 5.45. The molecule has 0 spiro atoms. The van der Waals surface area contributed by atoms with E-state index in [4.69, 9.17) is 16.3 Å². The minimum Gasteiger partial charge on any atom is -0.375 e. The molecule has 1 unspecified atom stereocenters. The number of hydrogen-bond acceptors (Lipinski definition) is 2. The van der Waals surface area contributed by atoms with Crippen molar-refractivity contribution in [3.8, 4) is 0 Å². The molecule has 1 aromatic rings. The molecule has 0 heterocycles. The van der Waals surface area contributed by atoms with Crippen LogP contribution in [-0.2, 0) is 4.74 Å². The Hall–Kier alpha value is -0.570. The molecule has 0 saturated heterocycles. The average Bonchev–Trinajstić information content (AvgIpc) is 2.24. The van der Waals surface area contributed by atoms with Crippen molar-refractivity contribution in [2.45, 2.75) is 20.0 Å². The van der Waals surface area contributed by atoms with Crippen molar-refractivity contribution in [3.63, 3.8) is 0 Å². The quantitative estimate of drug-likeness (QED) is 0.826. The molecule has 0 aliphatic rings. The third-order valence-electron chi connectivity index (χ3n) is 2.39. The number of rotatable bonds is 6. The van der Waals surface area contributed by atoms with E-state index in [1.807, 2.05) is 24.3 Å². The van der Waals surface area contributed by atoms with Gasteiger partial charge in [0, 0.05) is 18.7 Å². The van der Waals surface area contributed by atoms with Crippen LogP contribution in [0.1, 0.15) is 25.5 Å². The first kappa shape index (κ1) is 13.5. The van der Waals surface area contributed by atoms with Crippen molar-refractivity contribution in [1.29, 1.82) is 0 Å². The van der Waals surface area contributed by atoms with E-state index in [1.165, 1.54) is 0 Å². The first-order valence-electron chi connectivity index (χ1n) is 5.62. The van der Waals surface area contributed by atoms with E-state index in [0.29, 0.717) is 5.92 Å². The van der Waals surface area contributed by atoms with Crippen molar-refractivity contribution in [2.24, 2.45) is 5.92 Å². The normalized spacial score (nSPS) is 13.1. The standard InChI is InChI=1S/C13H20ClNO/c1-10(2)8-15-9-13(16-3)11-5-4-6-12(14)7-11/h4-7,10,13,15H,8-9H2,1-3H3. The van der Waals surface area contributed by atoms with Gasteiger partial charge < -0.3 is 10.1 Å². The van der Waals surface area contributed by atoms with E-state index < -0.39 is 0 Å². The van der Waals surface area contributed by atoms with Crippen molar-refractivity contribution in [2.75, 3.05) is 20.2 Å². The molecule has 16 heavy (non-hydrogen) atoms. The molecular weight excluding hydrogens is 222 g/mol. The van der Waals surface area contributed by atoms with Crippen LogP contribution in [0.25, 0.3) is 0 Å². The van der Waals surface area contributed by atoms with Gasteiger partial charge in [-0.05, 0) is 30.2 Å². The van der Waals surface area contributed by atoms with E-state index >= 15 is 0 Å². The largest absolute Gasteiger partial charge is 0.375 e. The van der Waals surface area contributed by atoms with Crippen molar-refractivity contribution in [3.05, 3.63) is 34.9 Å². The Morgan fingerprint density at radius 2 is 2.06 bits per heavy atom. The van der Waals surface area contributed by atoms with Crippen LogP contribution in [0.2, 0.25) is 5.02 Å². The van der Waals surface area contributed by atoms with Gasteiger partial charge in [-0.1, -0.05) is 37.6 Å². The Balaban J connectivity index is 2.53. The topological polar surface area (TPSA) is 21.3 Å². The van der Waals surface area contributed by atoms with Gasteiger partial charge in [-0.3, -0.25) is 0 Å². The second kappa shape index (κ2) is 6.89. The Morgan fingerprint density at radius 3 is 2.62 bits per heavy atom. The summed E-state index contributed by atoms with van der Waals surface area (Å²) in [7, 11) is 1.72. The predicted molar refractivity (Wildman–Crippen MR) is 68.9 cm³/mol. The fourth-order valence-corrected chi connectivity index (χ4v) is 1.75. The van der Waals surface area contributed by atoms with Crippen LogP contribution in [-0.4, -0.2) is 20.2 Å². The third-order valence-corrected chi connectivity index (χ3v) is 2.62. The van der Waals surface area contributed by atoms with E-state index in [1.54, 1.807) is 7.11 Å². The summed E-state index contributed by atoms with van der Waals surface area (Å²) in [6, 6.07) is 7.81. The van der Waals surface area contributed by atoms with Gasteiger partial charge in [0.15, 0.2) is 0 Å². The SMILES string of the molecule is COC(CNCC(C)C)c1cccc(Cl)c1. The van der Waals surface area contributed by atoms with Crippen LogP contribution in [0.3, 0.4) is 0 Å². The number of hydrogen-bond donors (Lipinski definition) is 1. The minimum absolute atomic E-state index is 0.0671. The molecule has 0 saturated carbocycles. The summed E-state index contributed by atoms with van der Waals surface area (Å²) in [6.45, 7) is 6.19. The summed E-state index contributed by atoms with van der Waals surface area (Å²) in [5.41, 5.74) is 1.12. The molecule has 0 aliphatic heterocycles. The Labute approximate surface area is 103 Å². The lowest BCUT2D eigenvalue weighted by Gasteiger charge is -2.17. The molecule has 1 aromatic carbocycles. The van der Waals surface area contributed by atoms with E-state index in [-0.39, 0.29) is 6.10 Å². The van der Waals surface area contributed by atoms with E-state index in [9.17, 15) is 0 Å². The van der Waals surface area contributed by atoms with Gasteiger partial charge in [0.05, 0.1) is 6.10 Å². The molecular formula is C13H20ClNO. The Bertz CT molecular complexity index is 315. The fourth-order valence-electron chi connectivity index (χ4n) is 1.55. The number of halogens is 1. The number of ether oxygens (including phenoxy) is 1. The highest BCUT2D eigenvalue weighted by molar-refractivity contribution is 6.30. The van der Waals surface area contributed by atoms with Gasteiger partial charge in [-0.2, -0.15) is 0 Å². The van der Waals surface area contributed by atoms with Crippen LogP contribution in [0.5, 0.6) is 0 Å². The molecule has 0 aromatic heterocycles. The van der Waals surface area contributed by atoms with Gasteiger partial charge in [-0.25, -0.2) is 0 Å². The van der Waals surface area contributed by atoms with Crippen LogP contribution in [0.4, 0.5) is 0 Å². The zero-order valence-electron chi connectivity index (χ0n) is 10.2. The first-order valence-corrected chi connectivity index (χ1v) is 6.00. The molecule has 0 amide bonds. The molecule has 3 heteroatoms. The average molecular weight is 242 g/mol. The van der Waals surface area contributed by atoms with Crippen molar-refractivity contribution < 1.29 is 4.74 Å². The maximum atomic E-state index is 5.95. The molecule has 0 aliphatic carbocycles. The summed E-state index contributed by atoms with van der Waals surface area (Å²) in [5.74, 6) is 0.650. The molecule has 0 bridgehead atoms. The lowest BCUT2D eigenvalue weighted by Crippen LogP contribution is -2.26. The highest BCUT2D eigenvalue weighted by Gasteiger charge is 2.10. The molecule has 2 nitrogen and oxygen atoms in total. The Kier molecular flexibility index (Phi) is 5.81. The Morgan fingerprint density at radius 1 is 1.31 bits per heavy atom. The number of methoxy groups -OCH3 is 1. The number of nitrogens with one attached hydrogen (secondary N) is 1. The zero-order valence-corrected chi connectivity index (χ0v) is 10.9. The molecule has 1 rings (SSSR count). The van der Waals surface area contributed by atoms with Crippen LogP contribution in [0, 0.1) is 5.92 Å². The van der Waals surface area contributed by atoms with Gasteiger partial charge in [0.2, 0.25) is 0 Å². The highest BCUT2D eigenvalue weighted by Crippen LogP contribution is 2.19. The number of benzene rings is 1. The second-order valence-corrected chi connectivity index (χ2v) is 4.77. The minimum atomic E-state index is 0.0671. The van der Waals surface area contributed by atoms with Crippen LogP contribution in [0.15, 0.2) is 24.3 Å². The van der Waals surface area contributed by atoms with Crippen LogP contribution < -0.4 is 5.32 Å². The molecule has 0 radical (unpaired) electrons. The van der Waals surface area contributed by atoms with Gasteiger partial charge >= 0.3 is 0 Å². The predicted octanol–water partition coefficient (Wildman–Crippen LogP) is 3.27. The molecule has 1 N–H and O–H groups in total. The second-order valence-electron chi connectivity index (χ2n) is 4.33.